The number of anilines is 1. The van der Waals surface area contributed by atoms with Gasteiger partial charge >= 0.3 is 6.18 Å². The maximum absolute atomic E-state index is 13.2. The molecule has 9 heteroatoms. The van der Waals surface area contributed by atoms with Crippen molar-refractivity contribution >= 4 is 34.0 Å². The minimum Gasteiger partial charge on any atom is -0.376 e. The van der Waals surface area contributed by atoms with Gasteiger partial charge in [0, 0.05) is 11.6 Å². The highest BCUT2D eigenvalue weighted by Crippen LogP contribution is 2.40. The number of pyridine rings is 1. The number of hydrogen-bond acceptors (Lipinski definition) is 3. The number of benzene rings is 1. The Bertz CT molecular complexity index is 997. The van der Waals surface area contributed by atoms with Crippen molar-refractivity contribution in [2.45, 2.75) is 11.8 Å². The first-order valence-corrected chi connectivity index (χ1v) is 7.78. The molecular weight excluding hydrogens is 373 g/mol. The fourth-order valence-corrected chi connectivity index (χ4v) is 2.91. The molecular formula is C17H12ClF3N2O3. The van der Waals surface area contributed by atoms with Crippen LogP contribution in [0, 0.1) is 5.92 Å². The van der Waals surface area contributed by atoms with Crippen LogP contribution in [-0.4, -0.2) is 27.8 Å². The second-order valence-electron chi connectivity index (χ2n) is 5.76. The van der Waals surface area contributed by atoms with Crippen LogP contribution < -0.4 is 10.9 Å². The third-order valence-electron chi connectivity index (χ3n) is 4.09. The summed E-state index contributed by atoms with van der Waals surface area (Å²) in [5.74, 6) is -2.98. The van der Waals surface area contributed by atoms with Crippen LogP contribution in [0.2, 0.25) is 5.02 Å². The van der Waals surface area contributed by atoms with Gasteiger partial charge in [0.05, 0.1) is 16.6 Å². The number of fused-ring (bicyclic) bond motifs is 1. The van der Waals surface area contributed by atoms with Crippen LogP contribution in [0.5, 0.6) is 0 Å². The van der Waals surface area contributed by atoms with Crippen LogP contribution in [-0.2, 0) is 4.79 Å². The third-order valence-corrected chi connectivity index (χ3v) is 4.41. The predicted molar refractivity (Wildman–Crippen MR) is 91.0 cm³/mol. The number of aliphatic hydroxyl groups is 1. The molecule has 0 saturated carbocycles. The summed E-state index contributed by atoms with van der Waals surface area (Å²) in [5.41, 5.74) is -3.69. The van der Waals surface area contributed by atoms with Crippen molar-refractivity contribution in [1.82, 2.24) is 4.98 Å². The number of halogens is 4. The van der Waals surface area contributed by atoms with Crippen molar-refractivity contribution in [3.63, 3.8) is 0 Å². The SMILES string of the molecule is O=C(Nc1cc2cc[nH]c(=O)c2cc1Cl)C1C=CC=CC1(O)C(F)(F)F. The number of aromatic amines is 1. The minimum absolute atomic E-state index is 0.0200. The van der Waals surface area contributed by atoms with Gasteiger partial charge in [0.1, 0.15) is 0 Å². The minimum atomic E-state index is -5.04. The molecule has 2 unspecified atom stereocenters. The number of alkyl halides is 3. The number of hydrogen-bond donors (Lipinski definition) is 3. The first-order chi connectivity index (χ1) is 12.1. The normalized spacial score (nSPS) is 22.6. The van der Waals surface area contributed by atoms with Crippen molar-refractivity contribution in [2.75, 3.05) is 5.32 Å². The van der Waals surface area contributed by atoms with E-state index in [0.717, 1.165) is 12.2 Å². The highest BCUT2D eigenvalue weighted by Gasteiger charge is 2.59. The molecule has 1 heterocycles. The molecule has 2 atom stereocenters. The molecule has 0 saturated heterocycles. The Kier molecular flexibility index (Phi) is 4.41. The van der Waals surface area contributed by atoms with Gasteiger partial charge in [-0.05, 0) is 29.7 Å². The Balaban J connectivity index is 1.96. The van der Waals surface area contributed by atoms with E-state index in [9.17, 15) is 27.9 Å². The Labute approximate surface area is 149 Å². The molecule has 3 rings (SSSR count). The molecule has 26 heavy (non-hydrogen) atoms. The maximum Gasteiger partial charge on any atom is 0.421 e. The highest BCUT2D eigenvalue weighted by molar-refractivity contribution is 6.34. The number of carbonyl (C=O) groups is 1. The van der Waals surface area contributed by atoms with Crippen LogP contribution in [0.3, 0.4) is 0 Å². The van der Waals surface area contributed by atoms with Gasteiger partial charge in [-0.15, -0.1) is 0 Å². The Morgan fingerprint density at radius 3 is 2.73 bits per heavy atom. The number of rotatable bonds is 2. The molecule has 5 nitrogen and oxygen atoms in total. The standard InChI is InChI=1S/C17H12ClF3N2O3/c18-12-8-10-9(4-6-22-14(10)24)7-13(12)23-15(25)11-3-1-2-5-16(11,26)17(19,20)21/h1-8,11,26H,(H,22,24)(H,23,25). The lowest BCUT2D eigenvalue weighted by molar-refractivity contribution is -0.250. The van der Waals surface area contributed by atoms with E-state index in [2.05, 4.69) is 10.3 Å². The molecule has 0 radical (unpaired) electrons. The van der Waals surface area contributed by atoms with Gasteiger partial charge in [0.25, 0.3) is 5.56 Å². The summed E-state index contributed by atoms with van der Waals surface area (Å²) in [6.07, 6.45) is 0.0950. The van der Waals surface area contributed by atoms with Crippen LogP contribution in [0.25, 0.3) is 10.8 Å². The largest absolute Gasteiger partial charge is 0.421 e. The topological polar surface area (TPSA) is 82.2 Å². The summed E-state index contributed by atoms with van der Waals surface area (Å²) in [7, 11) is 0. The van der Waals surface area contributed by atoms with E-state index in [1.54, 1.807) is 6.07 Å². The molecule has 1 aromatic heterocycles. The van der Waals surface area contributed by atoms with Crippen molar-refractivity contribution in [1.29, 1.82) is 0 Å². The number of aromatic nitrogens is 1. The van der Waals surface area contributed by atoms with Gasteiger partial charge in [0.15, 0.2) is 5.60 Å². The van der Waals surface area contributed by atoms with Gasteiger partial charge in [-0.25, -0.2) is 0 Å². The van der Waals surface area contributed by atoms with E-state index < -0.39 is 29.2 Å². The van der Waals surface area contributed by atoms with Crippen molar-refractivity contribution in [2.24, 2.45) is 5.92 Å². The lowest BCUT2D eigenvalue weighted by Gasteiger charge is -2.34. The summed E-state index contributed by atoms with van der Waals surface area (Å²) in [6.45, 7) is 0. The molecule has 136 valence electrons. The lowest BCUT2D eigenvalue weighted by Crippen LogP contribution is -2.53. The van der Waals surface area contributed by atoms with E-state index in [1.165, 1.54) is 24.4 Å². The lowest BCUT2D eigenvalue weighted by atomic mass is 9.82. The molecule has 0 aliphatic heterocycles. The van der Waals surface area contributed by atoms with E-state index in [-0.39, 0.29) is 16.1 Å². The molecule has 1 aliphatic rings. The average Bonchev–Trinajstić information content (AvgIpc) is 2.56. The molecule has 3 N–H and O–H groups in total. The Hall–Kier alpha value is -2.58. The molecule has 0 fully saturated rings. The van der Waals surface area contributed by atoms with E-state index in [0.29, 0.717) is 11.5 Å². The molecule has 1 aromatic carbocycles. The number of amides is 1. The van der Waals surface area contributed by atoms with Crippen LogP contribution in [0.4, 0.5) is 18.9 Å². The van der Waals surface area contributed by atoms with Gasteiger partial charge in [-0.1, -0.05) is 29.8 Å². The number of H-pyrrole nitrogens is 1. The zero-order chi connectivity index (χ0) is 19.1. The van der Waals surface area contributed by atoms with Crippen molar-refractivity contribution in [3.8, 4) is 0 Å². The summed E-state index contributed by atoms with van der Waals surface area (Å²) < 4.78 is 39.7. The quantitative estimate of drug-likeness (QED) is 0.744. The summed E-state index contributed by atoms with van der Waals surface area (Å²) in [4.78, 5) is 26.6. The zero-order valence-corrected chi connectivity index (χ0v) is 13.7. The molecule has 2 aromatic rings. The van der Waals surface area contributed by atoms with Crippen molar-refractivity contribution < 1.29 is 23.1 Å². The first kappa shape index (κ1) is 18.2. The van der Waals surface area contributed by atoms with Gasteiger partial charge in [0.2, 0.25) is 5.91 Å². The van der Waals surface area contributed by atoms with E-state index in [4.69, 9.17) is 11.6 Å². The molecule has 0 spiro atoms. The second-order valence-corrected chi connectivity index (χ2v) is 6.17. The summed E-state index contributed by atoms with van der Waals surface area (Å²) in [5, 5.41) is 13.0. The number of allylic oxidation sites excluding steroid dienone is 2. The van der Waals surface area contributed by atoms with Crippen LogP contribution in [0.1, 0.15) is 0 Å². The zero-order valence-electron chi connectivity index (χ0n) is 13.0. The second kappa shape index (κ2) is 6.30. The smallest absolute Gasteiger partial charge is 0.376 e. The molecule has 0 bridgehead atoms. The van der Waals surface area contributed by atoms with Crippen LogP contribution >= 0.6 is 11.6 Å². The predicted octanol–water partition coefficient (Wildman–Crippen LogP) is 3.16. The third kappa shape index (κ3) is 3.02. The number of carbonyl (C=O) groups excluding carboxylic acids is 1. The van der Waals surface area contributed by atoms with E-state index in [1.807, 2.05) is 0 Å². The molecule has 1 aliphatic carbocycles. The van der Waals surface area contributed by atoms with Gasteiger partial charge in [-0.2, -0.15) is 13.2 Å². The molecule has 1 amide bonds. The summed E-state index contributed by atoms with van der Waals surface area (Å²) in [6, 6.07) is 4.23. The first-order valence-electron chi connectivity index (χ1n) is 7.40. The van der Waals surface area contributed by atoms with Gasteiger partial charge in [-0.3, -0.25) is 9.59 Å². The Morgan fingerprint density at radius 2 is 2.04 bits per heavy atom. The fraction of sp³-hybridized carbons (Fsp3) is 0.176. The van der Waals surface area contributed by atoms with Crippen LogP contribution in [0.15, 0.2) is 53.5 Å². The van der Waals surface area contributed by atoms with E-state index >= 15 is 0 Å². The summed E-state index contributed by atoms with van der Waals surface area (Å²) >= 11 is 6.03. The monoisotopic (exact) mass is 384 g/mol. The van der Waals surface area contributed by atoms with Gasteiger partial charge < -0.3 is 15.4 Å². The number of nitrogens with one attached hydrogen (secondary N) is 2. The average molecular weight is 385 g/mol. The van der Waals surface area contributed by atoms with Crippen molar-refractivity contribution in [3.05, 3.63) is 64.1 Å². The fourth-order valence-electron chi connectivity index (χ4n) is 2.70. The highest BCUT2D eigenvalue weighted by atomic mass is 35.5. The maximum atomic E-state index is 13.2. The Morgan fingerprint density at radius 1 is 1.31 bits per heavy atom.